The lowest BCUT2D eigenvalue weighted by Gasteiger charge is -2.29. The Morgan fingerprint density at radius 1 is 1.03 bits per heavy atom. The minimum absolute atomic E-state index is 0.0947. The third kappa shape index (κ3) is 6.91. The number of hydrogen-bond acceptors (Lipinski definition) is 2. The molecule has 0 bridgehead atoms. The molecule has 7 heteroatoms. The van der Waals surface area contributed by atoms with Gasteiger partial charge in [0, 0.05) is 28.2 Å². The van der Waals surface area contributed by atoms with E-state index in [9.17, 15) is 9.59 Å². The van der Waals surface area contributed by atoms with Gasteiger partial charge in [-0.15, -0.1) is 0 Å². The fourth-order valence-corrected chi connectivity index (χ4v) is 3.53. The summed E-state index contributed by atoms with van der Waals surface area (Å²) in [6.07, 6.45) is 1.96. The van der Waals surface area contributed by atoms with E-state index in [2.05, 4.69) is 12.2 Å². The normalized spacial score (nSPS) is 11.8. The molecule has 1 atom stereocenters. The zero-order chi connectivity index (χ0) is 21.4. The molecule has 0 spiro atoms. The second-order valence-electron chi connectivity index (χ2n) is 6.85. The zero-order valence-corrected chi connectivity index (χ0v) is 18.8. The van der Waals surface area contributed by atoms with Crippen LogP contribution in [0.2, 0.25) is 15.1 Å². The van der Waals surface area contributed by atoms with Crippen molar-refractivity contribution in [3.05, 3.63) is 68.7 Å². The third-order valence-electron chi connectivity index (χ3n) is 4.65. The smallest absolute Gasteiger partial charge is 0.242 e. The van der Waals surface area contributed by atoms with Crippen LogP contribution in [0, 0.1) is 0 Å². The Balaban J connectivity index is 2.24. The predicted molar refractivity (Wildman–Crippen MR) is 120 cm³/mol. The Labute approximate surface area is 187 Å². The monoisotopic (exact) mass is 454 g/mol. The van der Waals surface area contributed by atoms with Gasteiger partial charge >= 0.3 is 0 Å². The van der Waals surface area contributed by atoms with Crippen LogP contribution in [0.25, 0.3) is 0 Å². The molecule has 0 saturated carbocycles. The first kappa shape index (κ1) is 23.5. The van der Waals surface area contributed by atoms with Crippen molar-refractivity contribution in [3.63, 3.8) is 0 Å². The Morgan fingerprint density at radius 2 is 1.76 bits per heavy atom. The van der Waals surface area contributed by atoms with E-state index >= 15 is 0 Å². The number of benzene rings is 2. The topological polar surface area (TPSA) is 49.4 Å². The van der Waals surface area contributed by atoms with E-state index in [-0.39, 0.29) is 24.8 Å². The molecule has 2 aromatic rings. The van der Waals surface area contributed by atoms with Crippen LogP contribution in [-0.4, -0.2) is 29.3 Å². The van der Waals surface area contributed by atoms with Crippen LogP contribution in [0.3, 0.4) is 0 Å². The van der Waals surface area contributed by atoms with E-state index in [1.165, 1.54) is 4.90 Å². The second-order valence-corrected chi connectivity index (χ2v) is 8.10. The van der Waals surface area contributed by atoms with Gasteiger partial charge in [0.1, 0.15) is 6.04 Å². The molecule has 29 heavy (non-hydrogen) atoms. The maximum atomic E-state index is 13.1. The molecular weight excluding hydrogens is 431 g/mol. The summed E-state index contributed by atoms with van der Waals surface area (Å²) in [5, 5.41) is 4.37. The number of nitrogens with one attached hydrogen (secondary N) is 1. The number of rotatable bonds is 9. The number of carbonyl (C=O) groups excluding carboxylic acids is 2. The first-order valence-corrected chi connectivity index (χ1v) is 10.7. The van der Waals surface area contributed by atoms with Crippen molar-refractivity contribution in [3.8, 4) is 0 Å². The highest BCUT2D eigenvalue weighted by Gasteiger charge is 2.27. The molecule has 2 rings (SSSR count). The van der Waals surface area contributed by atoms with Crippen LogP contribution >= 0.6 is 34.8 Å². The van der Waals surface area contributed by atoms with Gasteiger partial charge in [0.2, 0.25) is 11.8 Å². The first-order chi connectivity index (χ1) is 13.8. The van der Waals surface area contributed by atoms with E-state index < -0.39 is 6.04 Å². The maximum absolute atomic E-state index is 13.1. The van der Waals surface area contributed by atoms with Crippen LogP contribution in [0.1, 0.15) is 37.8 Å². The third-order valence-corrected chi connectivity index (χ3v) is 5.61. The molecule has 0 aliphatic heterocycles. The van der Waals surface area contributed by atoms with Crippen molar-refractivity contribution in [1.82, 2.24) is 10.2 Å². The van der Waals surface area contributed by atoms with Gasteiger partial charge in [-0.25, -0.2) is 0 Å². The van der Waals surface area contributed by atoms with Crippen molar-refractivity contribution in [2.24, 2.45) is 0 Å². The molecule has 1 N–H and O–H groups in total. The SMILES string of the molecule is CCCCNC(=O)[C@@H](C)N(Cc1ccc(Cl)cc1Cl)C(=O)Cc1ccccc1Cl. The van der Waals surface area contributed by atoms with Gasteiger partial charge in [-0.3, -0.25) is 9.59 Å². The van der Waals surface area contributed by atoms with Gasteiger partial charge in [0.05, 0.1) is 6.42 Å². The van der Waals surface area contributed by atoms with Crippen LogP contribution in [-0.2, 0) is 22.6 Å². The fraction of sp³-hybridized carbons (Fsp3) is 0.364. The fourth-order valence-electron chi connectivity index (χ4n) is 2.86. The second kappa shape index (κ2) is 11.4. The largest absolute Gasteiger partial charge is 0.354 e. The van der Waals surface area contributed by atoms with Crippen LogP contribution in [0.4, 0.5) is 0 Å². The minimum atomic E-state index is -0.659. The van der Waals surface area contributed by atoms with Crippen molar-refractivity contribution >= 4 is 46.6 Å². The van der Waals surface area contributed by atoms with Crippen molar-refractivity contribution in [1.29, 1.82) is 0 Å². The van der Waals surface area contributed by atoms with E-state index in [0.717, 1.165) is 18.4 Å². The predicted octanol–water partition coefficient (Wildman–Crippen LogP) is 5.52. The van der Waals surface area contributed by atoms with Crippen LogP contribution in [0.15, 0.2) is 42.5 Å². The lowest BCUT2D eigenvalue weighted by molar-refractivity contribution is -0.140. The highest BCUT2D eigenvalue weighted by atomic mass is 35.5. The molecule has 2 amide bonds. The molecule has 0 heterocycles. The summed E-state index contributed by atoms with van der Waals surface area (Å²) < 4.78 is 0. The van der Waals surface area contributed by atoms with Crippen molar-refractivity contribution < 1.29 is 9.59 Å². The van der Waals surface area contributed by atoms with Gasteiger partial charge in [-0.1, -0.05) is 72.4 Å². The number of amides is 2. The molecular formula is C22H25Cl3N2O2. The molecule has 0 aliphatic rings. The molecule has 0 aromatic heterocycles. The number of nitrogens with zero attached hydrogens (tertiary/aromatic N) is 1. The molecule has 0 saturated heterocycles. The minimum Gasteiger partial charge on any atom is -0.354 e. The summed E-state index contributed by atoms with van der Waals surface area (Å²) in [5.41, 5.74) is 1.43. The summed E-state index contributed by atoms with van der Waals surface area (Å²) in [6.45, 7) is 4.54. The Bertz CT molecular complexity index is 858. The summed E-state index contributed by atoms with van der Waals surface area (Å²) in [5.74, 6) is -0.404. The Hall–Kier alpha value is -1.75. The van der Waals surface area contributed by atoms with E-state index in [1.807, 2.05) is 12.1 Å². The number of halogens is 3. The standard InChI is InChI=1S/C22H25Cl3N2O2/c1-3-4-11-26-22(29)15(2)27(14-17-9-10-18(23)13-20(17)25)21(28)12-16-7-5-6-8-19(16)24/h5-10,13,15H,3-4,11-12,14H2,1-2H3,(H,26,29)/t15-/m1/s1. The maximum Gasteiger partial charge on any atom is 0.242 e. The van der Waals surface area contributed by atoms with Crippen molar-refractivity contribution in [2.45, 2.75) is 45.7 Å². The van der Waals surface area contributed by atoms with Gasteiger partial charge in [-0.05, 0) is 42.7 Å². The molecule has 0 unspecified atom stereocenters. The average Bonchev–Trinajstić information content (AvgIpc) is 2.68. The number of hydrogen-bond donors (Lipinski definition) is 1. The first-order valence-electron chi connectivity index (χ1n) is 9.58. The summed E-state index contributed by atoms with van der Waals surface area (Å²) in [4.78, 5) is 27.3. The summed E-state index contributed by atoms with van der Waals surface area (Å²) >= 11 is 18.5. The summed E-state index contributed by atoms with van der Waals surface area (Å²) in [7, 11) is 0. The number of unbranched alkanes of at least 4 members (excludes halogenated alkanes) is 1. The molecule has 0 radical (unpaired) electrons. The molecule has 2 aromatic carbocycles. The lowest BCUT2D eigenvalue weighted by Crippen LogP contribution is -2.48. The number of carbonyl (C=O) groups is 2. The van der Waals surface area contributed by atoms with Gasteiger partial charge in [0.15, 0.2) is 0 Å². The Morgan fingerprint density at radius 3 is 2.41 bits per heavy atom. The average molecular weight is 456 g/mol. The quantitative estimate of drug-likeness (QED) is 0.506. The molecule has 156 valence electrons. The molecule has 4 nitrogen and oxygen atoms in total. The molecule has 0 aliphatic carbocycles. The zero-order valence-electron chi connectivity index (χ0n) is 16.6. The van der Waals surface area contributed by atoms with Crippen LogP contribution < -0.4 is 5.32 Å². The summed E-state index contributed by atoms with van der Waals surface area (Å²) in [6, 6.07) is 11.6. The van der Waals surface area contributed by atoms with Gasteiger partial charge < -0.3 is 10.2 Å². The molecule has 0 fully saturated rings. The highest BCUT2D eigenvalue weighted by molar-refractivity contribution is 6.35. The van der Waals surface area contributed by atoms with E-state index in [4.69, 9.17) is 34.8 Å². The highest BCUT2D eigenvalue weighted by Crippen LogP contribution is 2.24. The van der Waals surface area contributed by atoms with E-state index in [1.54, 1.807) is 37.3 Å². The van der Waals surface area contributed by atoms with Gasteiger partial charge in [0.25, 0.3) is 0 Å². The lowest BCUT2D eigenvalue weighted by atomic mass is 10.1. The van der Waals surface area contributed by atoms with E-state index in [0.29, 0.717) is 27.2 Å². The van der Waals surface area contributed by atoms with Crippen LogP contribution in [0.5, 0.6) is 0 Å². The Kier molecular flexibility index (Phi) is 9.28. The van der Waals surface area contributed by atoms with Crippen molar-refractivity contribution in [2.75, 3.05) is 6.54 Å². The van der Waals surface area contributed by atoms with Gasteiger partial charge in [-0.2, -0.15) is 0 Å².